The molecule has 9 atom stereocenters. The normalized spacial score (nSPS) is 39.2. The SMILES string of the molecule is CC(C)CCC[C@@H](C)[C@H]1CC[C@H]2[C@@H]3CCC4CC(NC(=O)c5ccc(CN)cc5)CC[C@]4(C)[C@H]3CC[C@]12C. The van der Waals surface area contributed by atoms with E-state index in [1.165, 1.54) is 70.6 Å². The fraction of sp³-hybridized carbons (Fsp3) is 0.800. The van der Waals surface area contributed by atoms with Gasteiger partial charge in [0.15, 0.2) is 0 Å². The third-order valence-electron chi connectivity index (χ3n) is 12.7. The molecule has 1 aromatic rings. The molecule has 0 spiro atoms. The van der Waals surface area contributed by atoms with E-state index >= 15 is 0 Å². The van der Waals surface area contributed by atoms with Crippen LogP contribution >= 0.6 is 0 Å². The first kappa shape index (κ1) is 28.2. The van der Waals surface area contributed by atoms with E-state index in [4.69, 9.17) is 5.73 Å². The highest BCUT2D eigenvalue weighted by Crippen LogP contribution is 2.68. The number of fused-ring (bicyclic) bond motifs is 5. The van der Waals surface area contributed by atoms with Gasteiger partial charge >= 0.3 is 0 Å². The van der Waals surface area contributed by atoms with Crippen LogP contribution < -0.4 is 11.1 Å². The number of benzene rings is 1. The van der Waals surface area contributed by atoms with Crippen LogP contribution in [0.4, 0.5) is 0 Å². The summed E-state index contributed by atoms with van der Waals surface area (Å²) < 4.78 is 0. The largest absolute Gasteiger partial charge is 0.349 e. The zero-order valence-corrected chi connectivity index (χ0v) is 25.1. The maximum Gasteiger partial charge on any atom is 0.251 e. The number of amides is 1. The minimum Gasteiger partial charge on any atom is -0.349 e. The Balaban J connectivity index is 1.21. The predicted molar refractivity (Wildman–Crippen MR) is 159 cm³/mol. The van der Waals surface area contributed by atoms with Crippen molar-refractivity contribution in [1.29, 1.82) is 0 Å². The van der Waals surface area contributed by atoms with E-state index < -0.39 is 0 Å². The average molecular weight is 521 g/mol. The van der Waals surface area contributed by atoms with Gasteiger partial charge in [-0.2, -0.15) is 0 Å². The van der Waals surface area contributed by atoms with Crippen LogP contribution in [0.15, 0.2) is 24.3 Å². The molecule has 0 bridgehead atoms. The van der Waals surface area contributed by atoms with Gasteiger partial charge in [0.25, 0.3) is 5.91 Å². The zero-order valence-electron chi connectivity index (χ0n) is 25.1. The molecule has 0 saturated heterocycles. The summed E-state index contributed by atoms with van der Waals surface area (Å²) in [7, 11) is 0. The molecule has 0 radical (unpaired) electrons. The van der Waals surface area contributed by atoms with Crippen LogP contribution in [0.2, 0.25) is 0 Å². The number of carbonyl (C=O) groups is 1. The fourth-order valence-corrected chi connectivity index (χ4v) is 10.5. The molecule has 2 unspecified atom stereocenters. The van der Waals surface area contributed by atoms with Crippen LogP contribution in [0.1, 0.15) is 128 Å². The molecule has 4 fully saturated rings. The predicted octanol–water partition coefficient (Wildman–Crippen LogP) is 8.37. The fourth-order valence-electron chi connectivity index (χ4n) is 10.5. The van der Waals surface area contributed by atoms with E-state index in [0.29, 0.717) is 23.4 Å². The molecule has 1 aromatic carbocycles. The van der Waals surface area contributed by atoms with Crippen LogP contribution in [0.5, 0.6) is 0 Å². The first-order valence-corrected chi connectivity index (χ1v) is 16.3. The lowest BCUT2D eigenvalue weighted by molar-refractivity contribution is -0.117. The molecular formula is C35H56N2O. The number of nitrogens with one attached hydrogen (secondary N) is 1. The smallest absolute Gasteiger partial charge is 0.251 e. The van der Waals surface area contributed by atoms with E-state index in [2.05, 4.69) is 39.9 Å². The highest BCUT2D eigenvalue weighted by molar-refractivity contribution is 5.94. The van der Waals surface area contributed by atoms with Crippen molar-refractivity contribution in [3.63, 3.8) is 0 Å². The van der Waals surface area contributed by atoms with Crippen LogP contribution in [-0.4, -0.2) is 11.9 Å². The second-order valence-corrected chi connectivity index (χ2v) is 15.0. The van der Waals surface area contributed by atoms with Crippen molar-refractivity contribution in [2.75, 3.05) is 0 Å². The van der Waals surface area contributed by atoms with Crippen molar-refractivity contribution >= 4 is 5.91 Å². The van der Waals surface area contributed by atoms with Gasteiger partial charge in [0.05, 0.1) is 0 Å². The molecule has 4 aliphatic carbocycles. The topological polar surface area (TPSA) is 55.1 Å². The second kappa shape index (κ2) is 11.3. The summed E-state index contributed by atoms with van der Waals surface area (Å²) >= 11 is 0. The lowest BCUT2D eigenvalue weighted by atomic mass is 9.44. The lowest BCUT2D eigenvalue weighted by Gasteiger charge is -2.61. The molecule has 1 amide bonds. The molecule has 38 heavy (non-hydrogen) atoms. The van der Waals surface area contributed by atoms with E-state index in [1.54, 1.807) is 0 Å². The standard InChI is InChI=1S/C35H56N2O/c1-23(2)7-6-8-24(3)30-15-16-31-29-14-13-27-21-28(37-33(38)26-11-9-25(22-36)10-12-26)17-19-34(27,4)32(29)18-20-35(30,31)5/h9-12,23-24,27-32H,6-8,13-22,36H2,1-5H3,(H,37,38)/t24-,27?,28?,29+,30-,31+,32+,34+,35-/m1/s1. The summed E-state index contributed by atoms with van der Waals surface area (Å²) in [6.45, 7) is 13.2. The third kappa shape index (κ3) is 5.23. The van der Waals surface area contributed by atoms with E-state index in [9.17, 15) is 4.79 Å². The van der Waals surface area contributed by atoms with E-state index in [1.807, 2.05) is 24.3 Å². The number of hydrogen-bond acceptors (Lipinski definition) is 2. The van der Waals surface area contributed by atoms with Crippen molar-refractivity contribution in [3.05, 3.63) is 35.4 Å². The maximum atomic E-state index is 13.0. The maximum absolute atomic E-state index is 13.0. The average Bonchev–Trinajstić information content (AvgIpc) is 3.26. The highest BCUT2D eigenvalue weighted by Gasteiger charge is 2.60. The summed E-state index contributed by atoms with van der Waals surface area (Å²) in [6.07, 6.45) is 16.5. The minimum absolute atomic E-state index is 0.0869. The Morgan fingerprint density at radius 1 is 0.921 bits per heavy atom. The van der Waals surface area contributed by atoms with Gasteiger partial charge in [0.1, 0.15) is 0 Å². The summed E-state index contributed by atoms with van der Waals surface area (Å²) in [5, 5.41) is 3.41. The van der Waals surface area contributed by atoms with Gasteiger partial charge in [-0.05, 0) is 128 Å². The van der Waals surface area contributed by atoms with Crippen molar-refractivity contribution in [3.8, 4) is 0 Å². The summed E-state index contributed by atoms with van der Waals surface area (Å²) in [6, 6.07) is 8.13. The summed E-state index contributed by atoms with van der Waals surface area (Å²) in [5.41, 5.74) is 8.61. The molecule has 4 saturated carbocycles. The van der Waals surface area contributed by atoms with E-state index in [-0.39, 0.29) is 5.91 Å². The minimum atomic E-state index is 0.0869. The molecule has 3 heteroatoms. The van der Waals surface area contributed by atoms with Crippen molar-refractivity contribution < 1.29 is 4.79 Å². The van der Waals surface area contributed by atoms with Gasteiger partial charge in [0, 0.05) is 18.2 Å². The summed E-state index contributed by atoms with van der Waals surface area (Å²) in [5.74, 6) is 6.30. The highest BCUT2D eigenvalue weighted by atomic mass is 16.1. The molecule has 3 nitrogen and oxygen atoms in total. The van der Waals surface area contributed by atoms with Crippen LogP contribution in [0.3, 0.4) is 0 Å². The number of hydrogen-bond donors (Lipinski definition) is 2. The molecule has 212 valence electrons. The quantitative estimate of drug-likeness (QED) is 0.362. The zero-order chi connectivity index (χ0) is 27.1. The number of nitrogens with two attached hydrogens (primary N) is 1. The Morgan fingerprint density at radius 2 is 1.63 bits per heavy atom. The molecular weight excluding hydrogens is 464 g/mol. The van der Waals surface area contributed by atoms with Crippen LogP contribution in [0, 0.1) is 52.3 Å². The van der Waals surface area contributed by atoms with Gasteiger partial charge in [0.2, 0.25) is 0 Å². The number of rotatable bonds is 8. The summed E-state index contributed by atoms with van der Waals surface area (Å²) in [4.78, 5) is 13.0. The second-order valence-electron chi connectivity index (χ2n) is 15.0. The molecule has 0 heterocycles. The van der Waals surface area contributed by atoms with Crippen LogP contribution in [-0.2, 0) is 6.54 Å². The third-order valence-corrected chi connectivity index (χ3v) is 12.7. The van der Waals surface area contributed by atoms with Crippen molar-refractivity contribution in [1.82, 2.24) is 5.32 Å². The lowest BCUT2D eigenvalue weighted by Crippen LogP contribution is -2.55. The Bertz CT molecular complexity index is 955. The Morgan fingerprint density at radius 3 is 2.34 bits per heavy atom. The van der Waals surface area contributed by atoms with Crippen molar-refractivity contribution in [2.24, 2.45) is 58.0 Å². The number of carbonyl (C=O) groups excluding carboxylic acids is 1. The van der Waals surface area contributed by atoms with Gasteiger partial charge in [-0.1, -0.05) is 66.0 Å². The van der Waals surface area contributed by atoms with E-state index in [0.717, 1.165) is 59.0 Å². The molecule has 0 aromatic heterocycles. The molecule has 5 rings (SSSR count). The van der Waals surface area contributed by atoms with Gasteiger partial charge in [-0.3, -0.25) is 4.79 Å². The Labute approximate surface area is 233 Å². The van der Waals surface area contributed by atoms with Crippen molar-refractivity contribution in [2.45, 2.75) is 124 Å². The molecule has 0 aliphatic heterocycles. The monoisotopic (exact) mass is 520 g/mol. The Kier molecular flexibility index (Phi) is 8.35. The van der Waals surface area contributed by atoms with Gasteiger partial charge in [-0.15, -0.1) is 0 Å². The van der Waals surface area contributed by atoms with Crippen LogP contribution in [0.25, 0.3) is 0 Å². The molecule has 3 N–H and O–H groups in total. The Hall–Kier alpha value is -1.35. The first-order valence-electron chi connectivity index (χ1n) is 16.3. The molecule has 4 aliphatic rings. The van der Waals surface area contributed by atoms with Gasteiger partial charge in [-0.25, -0.2) is 0 Å². The van der Waals surface area contributed by atoms with Gasteiger partial charge < -0.3 is 11.1 Å². The first-order chi connectivity index (χ1) is 18.2.